The summed E-state index contributed by atoms with van der Waals surface area (Å²) < 4.78 is 0. The van der Waals surface area contributed by atoms with Crippen molar-refractivity contribution in [1.82, 2.24) is 0 Å². The molecule has 0 heterocycles. The van der Waals surface area contributed by atoms with Gasteiger partial charge < -0.3 is 0 Å². The Labute approximate surface area is 68.2 Å². The molecule has 0 nitrogen and oxygen atoms in total. The zero-order chi connectivity index (χ0) is 7.65. The number of hydrogen-bond acceptors (Lipinski definition) is 0. The van der Waals surface area contributed by atoms with Gasteiger partial charge in [-0.25, -0.2) is 0 Å². The van der Waals surface area contributed by atoms with E-state index in [2.05, 4.69) is 49.9 Å². The van der Waals surface area contributed by atoms with Gasteiger partial charge in [-0.05, 0) is 10.6 Å². The van der Waals surface area contributed by atoms with Crippen molar-refractivity contribution < 1.29 is 0 Å². The highest BCUT2D eigenvalue weighted by Gasteiger charge is 2.26. The van der Waals surface area contributed by atoms with E-state index < -0.39 is 7.42 Å². The summed E-state index contributed by atoms with van der Waals surface area (Å²) in [6.07, 6.45) is 0. The second-order valence-corrected chi connectivity index (χ2v) is 10.8. The van der Waals surface area contributed by atoms with Gasteiger partial charge in [0.25, 0.3) is 0 Å². The molecule has 0 rings (SSSR count). The fourth-order valence-electron chi connectivity index (χ4n) is 1.00. The first-order valence-corrected chi connectivity index (χ1v) is 7.92. The van der Waals surface area contributed by atoms with E-state index >= 15 is 0 Å². The summed E-state index contributed by atoms with van der Waals surface area (Å²) in [4.78, 5) is 0. The molecule has 0 bridgehead atoms. The third-order valence-corrected chi connectivity index (χ3v) is 11.5. The van der Waals surface area contributed by atoms with E-state index in [-0.39, 0.29) is 0 Å². The van der Waals surface area contributed by atoms with E-state index in [1.165, 1.54) is 0 Å². The smallest absolute Gasteiger partial charge is 0.122 e. The summed E-state index contributed by atoms with van der Waals surface area (Å²) in [5.74, 6) is 0. The normalized spacial score (nSPS) is 16.3. The van der Waals surface area contributed by atoms with E-state index in [0.29, 0.717) is 5.04 Å². The molecule has 0 aliphatic heterocycles. The fraction of sp³-hybridized carbons (Fsp3) is 1.00. The Morgan fingerprint density at radius 2 is 1.56 bits per heavy atom. The Morgan fingerprint density at radius 3 is 1.56 bits per heavy atom. The molecule has 0 aromatic rings. The quantitative estimate of drug-likeness (QED) is 0.459. The number of halogens is 1. The number of hydrogen-bond donors (Lipinski definition) is 0. The first kappa shape index (κ1) is 9.70. The highest BCUT2D eigenvalue weighted by molar-refractivity contribution is 9.24. The van der Waals surface area contributed by atoms with E-state index in [1.807, 2.05) is 0 Å². The highest BCUT2D eigenvalue weighted by Crippen LogP contribution is 2.36. The van der Waals surface area contributed by atoms with Crippen LogP contribution in [0.3, 0.4) is 0 Å². The van der Waals surface area contributed by atoms with Crippen LogP contribution in [0.15, 0.2) is 0 Å². The zero-order valence-electron chi connectivity index (χ0n) is 7.03. The van der Waals surface area contributed by atoms with Gasteiger partial charge in [-0.2, -0.15) is 0 Å². The van der Waals surface area contributed by atoms with Crippen molar-refractivity contribution in [3.05, 3.63) is 0 Å². The lowest BCUT2D eigenvalue weighted by atomic mass is 10.2. The molecule has 0 amide bonds. The van der Waals surface area contributed by atoms with Crippen LogP contribution in [0.1, 0.15) is 34.6 Å². The molecule has 0 aliphatic rings. The largest absolute Gasteiger partial charge is 0.130 e. The second kappa shape index (κ2) is 3.20. The molecule has 0 aromatic carbocycles. The van der Waals surface area contributed by atoms with Crippen LogP contribution in [0.5, 0.6) is 0 Å². The van der Waals surface area contributed by atoms with Crippen LogP contribution in [-0.2, 0) is 0 Å². The first-order chi connectivity index (χ1) is 3.85. The van der Waals surface area contributed by atoms with Crippen LogP contribution < -0.4 is 0 Å². The molecule has 0 aliphatic carbocycles. The lowest BCUT2D eigenvalue weighted by molar-refractivity contribution is 0.732. The minimum atomic E-state index is -0.651. The molecule has 0 fully saturated rings. The van der Waals surface area contributed by atoms with Crippen molar-refractivity contribution in [3.63, 3.8) is 0 Å². The fourth-order valence-corrected chi connectivity index (χ4v) is 3.00. The average molecular weight is 209 g/mol. The molecular formula is C7H17BrSi. The van der Waals surface area contributed by atoms with Crippen molar-refractivity contribution in [3.8, 4) is 0 Å². The molecule has 0 spiro atoms. The molecule has 0 saturated heterocycles. The summed E-state index contributed by atoms with van der Waals surface area (Å²) >= 11 is 3.80. The SMILES string of the molecule is CC(C)[SiH](Br)C(C)(C)C. The summed E-state index contributed by atoms with van der Waals surface area (Å²) in [5.41, 5.74) is 0.866. The van der Waals surface area contributed by atoms with E-state index in [9.17, 15) is 0 Å². The lowest BCUT2D eigenvalue weighted by Gasteiger charge is -2.26. The predicted octanol–water partition coefficient (Wildman–Crippen LogP) is 3.32. The standard InChI is InChI=1S/C7H17BrSi/c1-6(2)9(8)7(3,4)5/h6,9H,1-5H3. The third kappa shape index (κ3) is 3.41. The molecule has 0 radical (unpaired) electrons. The third-order valence-electron chi connectivity index (χ3n) is 1.41. The van der Waals surface area contributed by atoms with Gasteiger partial charge in [0.05, 0.1) is 0 Å². The second-order valence-electron chi connectivity index (χ2n) is 4.01. The van der Waals surface area contributed by atoms with Gasteiger partial charge in [-0.15, -0.1) is 15.3 Å². The van der Waals surface area contributed by atoms with Gasteiger partial charge in [0.15, 0.2) is 0 Å². The maximum Gasteiger partial charge on any atom is 0.122 e. The predicted molar refractivity (Wildman–Crippen MR) is 50.9 cm³/mol. The summed E-state index contributed by atoms with van der Waals surface area (Å²) in [6.45, 7) is 11.6. The van der Waals surface area contributed by atoms with Crippen LogP contribution in [-0.4, -0.2) is 7.42 Å². The van der Waals surface area contributed by atoms with Crippen LogP contribution in [0.2, 0.25) is 10.6 Å². The van der Waals surface area contributed by atoms with Crippen LogP contribution in [0, 0.1) is 0 Å². The van der Waals surface area contributed by atoms with Crippen molar-refractivity contribution in [2.45, 2.75) is 45.2 Å². The molecule has 2 heteroatoms. The summed E-state index contributed by atoms with van der Waals surface area (Å²) in [7, 11) is -0.651. The Bertz CT molecular complexity index is 83.4. The highest BCUT2D eigenvalue weighted by atomic mass is 79.9. The van der Waals surface area contributed by atoms with E-state index in [4.69, 9.17) is 0 Å². The van der Waals surface area contributed by atoms with Gasteiger partial charge in [0.2, 0.25) is 0 Å². The maximum absolute atomic E-state index is 3.80. The molecule has 0 N–H and O–H groups in total. The molecule has 9 heavy (non-hydrogen) atoms. The van der Waals surface area contributed by atoms with Crippen LogP contribution >= 0.6 is 15.3 Å². The van der Waals surface area contributed by atoms with Gasteiger partial charge in [0, 0.05) is 0 Å². The van der Waals surface area contributed by atoms with Crippen molar-refractivity contribution >= 4 is 22.7 Å². The molecular weight excluding hydrogens is 192 g/mol. The Kier molecular flexibility index (Phi) is 3.44. The van der Waals surface area contributed by atoms with Gasteiger partial charge in [0.1, 0.15) is 7.42 Å². The van der Waals surface area contributed by atoms with Gasteiger partial charge >= 0.3 is 0 Å². The van der Waals surface area contributed by atoms with E-state index in [1.54, 1.807) is 0 Å². The topological polar surface area (TPSA) is 0 Å². The zero-order valence-corrected chi connectivity index (χ0v) is 9.77. The maximum atomic E-state index is 3.80. The van der Waals surface area contributed by atoms with Crippen molar-refractivity contribution in [1.29, 1.82) is 0 Å². The van der Waals surface area contributed by atoms with Gasteiger partial charge in [-0.1, -0.05) is 34.6 Å². The summed E-state index contributed by atoms with van der Waals surface area (Å²) in [6, 6.07) is 0. The van der Waals surface area contributed by atoms with Crippen LogP contribution in [0.4, 0.5) is 0 Å². The van der Waals surface area contributed by atoms with Crippen LogP contribution in [0.25, 0.3) is 0 Å². The molecule has 0 saturated carbocycles. The van der Waals surface area contributed by atoms with Crippen molar-refractivity contribution in [2.24, 2.45) is 0 Å². The molecule has 0 aromatic heterocycles. The van der Waals surface area contributed by atoms with Gasteiger partial charge in [-0.3, -0.25) is 0 Å². The summed E-state index contributed by atoms with van der Waals surface area (Å²) in [5, 5.41) is 0.536. The molecule has 1 atom stereocenters. The number of rotatable bonds is 1. The lowest BCUT2D eigenvalue weighted by Crippen LogP contribution is -2.21. The minimum absolute atomic E-state index is 0.536. The average Bonchev–Trinajstić information content (AvgIpc) is 1.62. The Hall–Kier alpha value is 0.697. The Balaban J connectivity index is 3.88. The van der Waals surface area contributed by atoms with Crippen molar-refractivity contribution in [2.75, 3.05) is 0 Å². The monoisotopic (exact) mass is 208 g/mol. The molecule has 56 valence electrons. The molecule has 1 unspecified atom stereocenters. The Morgan fingerprint density at radius 1 is 1.22 bits per heavy atom. The minimum Gasteiger partial charge on any atom is -0.130 e. The first-order valence-electron chi connectivity index (χ1n) is 3.49. The van der Waals surface area contributed by atoms with E-state index in [0.717, 1.165) is 5.54 Å².